The molecular formula is C21H23N7O. The third-order valence-electron chi connectivity index (χ3n) is 4.26. The number of hydrogen-bond donors (Lipinski definition) is 2. The average Bonchev–Trinajstić information content (AvgIpc) is 3.17. The third-order valence-corrected chi connectivity index (χ3v) is 4.26. The topological polar surface area (TPSA) is 89.3 Å². The molecule has 8 heteroatoms. The van der Waals surface area contributed by atoms with Crippen LogP contribution in [0.15, 0.2) is 55.1 Å². The standard InChI is InChI=1S/C21H23N7O/c1-3-4-11-29-20-6-5-17(14-23-20)26-21-24-15(2)12-18(27-21)25-16-7-9-28-10-8-22-19(28)13-16/h5-10,12-14H,3-4,11H2,1-2H3,(H2,24,25,26,27). The number of aryl methyl sites for hydroxylation is 1. The first kappa shape index (κ1) is 18.7. The Morgan fingerprint density at radius 2 is 1.93 bits per heavy atom. The molecule has 29 heavy (non-hydrogen) atoms. The van der Waals surface area contributed by atoms with E-state index in [1.807, 2.05) is 54.0 Å². The molecule has 0 spiro atoms. The van der Waals surface area contributed by atoms with Crippen molar-refractivity contribution < 1.29 is 4.74 Å². The van der Waals surface area contributed by atoms with E-state index < -0.39 is 0 Å². The summed E-state index contributed by atoms with van der Waals surface area (Å²) in [4.78, 5) is 17.6. The second-order valence-corrected chi connectivity index (χ2v) is 6.66. The molecule has 0 amide bonds. The quantitative estimate of drug-likeness (QED) is 0.429. The van der Waals surface area contributed by atoms with E-state index in [-0.39, 0.29) is 0 Å². The number of fused-ring (bicyclic) bond motifs is 1. The number of anilines is 4. The highest BCUT2D eigenvalue weighted by atomic mass is 16.5. The zero-order chi connectivity index (χ0) is 20.1. The van der Waals surface area contributed by atoms with E-state index >= 15 is 0 Å². The van der Waals surface area contributed by atoms with Crippen molar-refractivity contribution in [2.24, 2.45) is 0 Å². The number of aromatic nitrogens is 5. The number of imidazole rings is 1. The molecule has 4 rings (SSSR count). The van der Waals surface area contributed by atoms with Gasteiger partial charge in [-0.05, 0) is 25.5 Å². The Hall–Kier alpha value is -3.68. The van der Waals surface area contributed by atoms with Gasteiger partial charge in [0.15, 0.2) is 0 Å². The molecule has 0 radical (unpaired) electrons. The largest absolute Gasteiger partial charge is 0.478 e. The van der Waals surface area contributed by atoms with Crippen LogP contribution in [0.25, 0.3) is 5.65 Å². The Labute approximate surface area is 169 Å². The van der Waals surface area contributed by atoms with Gasteiger partial charge < -0.3 is 19.8 Å². The van der Waals surface area contributed by atoms with Crippen molar-refractivity contribution in [2.75, 3.05) is 17.2 Å². The van der Waals surface area contributed by atoms with Crippen molar-refractivity contribution in [3.63, 3.8) is 0 Å². The van der Waals surface area contributed by atoms with Gasteiger partial charge in [0.1, 0.15) is 11.5 Å². The molecule has 0 unspecified atom stereocenters. The molecule has 4 aromatic heterocycles. The molecule has 0 saturated carbocycles. The fraction of sp³-hybridized carbons (Fsp3) is 0.238. The molecular weight excluding hydrogens is 366 g/mol. The van der Waals surface area contributed by atoms with Gasteiger partial charge in [-0.25, -0.2) is 15.0 Å². The van der Waals surface area contributed by atoms with Crippen LogP contribution in [0.5, 0.6) is 5.88 Å². The smallest absolute Gasteiger partial charge is 0.229 e. The van der Waals surface area contributed by atoms with Gasteiger partial charge in [0.2, 0.25) is 11.8 Å². The van der Waals surface area contributed by atoms with Crippen LogP contribution in [0.2, 0.25) is 0 Å². The number of nitrogens with zero attached hydrogens (tertiary/aromatic N) is 5. The van der Waals surface area contributed by atoms with E-state index in [0.29, 0.717) is 24.3 Å². The van der Waals surface area contributed by atoms with Gasteiger partial charge in [0.05, 0.1) is 18.5 Å². The predicted octanol–water partition coefficient (Wildman–Crippen LogP) is 4.49. The summed E-state index contributed by atoms with van der Waals surface area (Å²) in [5.41, 5.74) is 3.41. The fourth-order valence-electron chi connectivity index (χ4n) is 2.81. The van der Waals surface area contributed by atoms with Crippen LogP contribution in [0, 0.1) is 6.92 Å². The minimum atomic E-state index is 0.496. The summed E-state index contributed by atoms with van der Waals surface area (Å²) >= 11 is 0. The van der Waals surface area contributed by atoms with Gasteiger partial charge in [0, 0.05) is 48.2 Å². The molecule has 4 heterocycles. The monoisotopic (exact) mass is 389 g/mol. The molecule has 148 valence electrons. The first-order valence-corrected chi connectivity index (χ1v) is 9.61. The second-order valence-electron chi connectivity index (χ2n) is 6.66. The number of pyridine rings is 2. The number of nitrogens with one attached hydrogen (secondary N) is 2. The normalized spacial score (nSPS) is 10.8. The average molecular weight is 389 g/mol. The highest BCUT2D eigenvalue weighted by molar-refractivity contribution is 5.63. The lowest BCUT2D eigenvalue weighted by atomic mass is 10.3. The summed E-state index contributed by atoms with van der Waals surface area (Å²) in [5, 5.41) is 6.50. The zero-order valence-corrected chi connectivity index (χ0v) is 16.5. The molecule has 0 atom stereocenters. The van der Waals surface area contributed by atoms with E-state index in [4.69, 9.17) is 4.74 Å². The summed E-state index contributed by atoms with van der Waals surface area (Å²) in [6, 6.07) is 9.57. The highest BCUT2D eigenvalue weighted by Crippen LogP contribution is 2.20. The van der Waals surface area contributed by atoms with Gasteiger partial charge in [-0.2, -0.15) is 4.98 Å². The van der Waals surface area contributed by atoms with E-state index in [2.05, 4.69) is 37.5 Å². The van der Waals surface area contributed by atoms with Crippen molar-refractivity contribution in [1.29, 1.82) is 0 Å². The number of hydrogen-bond acceptors (Lipinski definition) is 7. The molecule has 0 fully saturated rings. The lowest BCUT2D eigenvalue weighted by molar-refractivity contribution is 0.298. The molecule has 2 N–H and O–H groups in total. The molecule has 0 aromatic carbocycles. The maximum Gasteiger partial charge on any atom is 0.229 e. The van der Waals surface area contributed by atoms with E-state index in [9.17, 15) is 0 Å². The first-order chi connectivity index (χ1) is 14.2. The van der Waals surface area contributed by atoms with Crippen LogP contribution < -0.4 is 15.4 Å². The Morgan fingerprint density at radius 1 is 1.00 bits per heavy atom. The Morgan fingerprint density at radius 3 is 2.76 bits per heavy atom. The molecule has 4 aromatic rings. The SMILES string of the molecule is CCCCOc1ccc(Nc2nc(C)cc(Nc3ccn4ccnc4c3)n2)cn1. The summed E-state index contributed by atoms with van der Waals surface area (Å²) in [7, 11) is 0. The van der Waals surface area contributed by atoms with E-state index in [1.54, 1.807) is 12.4 Å². The van der Waals surface area contributed by atoms with Crippen molar-refractivity contribution in [2.45, 2.75) is 26.7 Å². The van der Waals surface area contributed by atoms with Crippen molar-refractivity contribution >= 4 is 28.8 Å². The van der Waals surface area contributed by atoms with Gasteiger partial charge in [-0.1, -0.05) is 13.3 Å². The van der Waals surface area contributed by atoms with Crippen LogP contribution in [0.4, 0.5) is 23.1 Å². The lowest BCUT2D eigenvalue weighted by Gasteiger charge is -2.10. The van der Waals surface area contributed by atoms with Gasteiger partial charge >= 0.3 is 0 Å². The number of ether oxygens (including phenoxy) is 1. The Kier molecular flexibility index (Phi) is 5.51. The van der Waals surface area contributed by atoms with Crippen LogP contribution in [0.3, 0.4) is 0 Å². The first-order valence-electron chi connectivity index (χ1n) is 9.61. The number of unbranched alkanes of at least 4 members (excludes halogenated alkanes) is 1. The molecule has 0 saturated heterocycles. The summed E-state index contributed by atoms with van der Waals surface area (Å²) < 4.78 is 7.54. The molecule has 0 aliphatic rings. The van der Waals surface area contributed by atoms with Crippen LogP contribution in [-0.4, -0.2) is 30.9 Å². The van der Waals surface area contributed by atoms with Crippen molar-refractivity contribution in [3.8, 4) is 5.88 Å². The van der Waals surface area contributed by atoms with Gasteiger partial charge in [-0.15, -0.1) is 0 Å². The molecule has 8 nitrogen and oxygen atoms in total. The van der Waals surface area contributed by atoms with Crippen LogP contribution in [0.1, 0.15) is 25.5 Å². The highest BCUT2D eigenvalue weighted by Gasteiger charge is 2.05. The van der Waals surface area contributed by atoms with Gasteiger partial charge in [0.25, 0.3) is 0 Å². The molecule has 0 aliphatic carbocycles. The minimum Gasteiger partial charge on any atom is -0.478 e. The van der Waals surface area contributed by atoms with Crippen molar-refractivity contribution in [3.05, 3.63) is 60.8 Å². The summed E-state index contributed by atoms with van der Waals surface area (Å²) in [5.74, 6) is 1.81. The fourth-order valence-corrected chi connectivity index (χ4v) is 2.81. The summed E-state index contributed by atoms with van der Waals surface area (Å²) in [6.45, 7) is 4.74. The zero-order valence-electron chi connectivity index (χ0n) is 16.5. The van der Waals surface area contributed by atoms with Crippen LogP contribution >= 0.6 is 0 Å². The van der Waals surface area contributed by atoms with Gasteiger partial charge in [-0.3, -0.25) is 0 Å². The number of rotatable bonds is 8. The van der Waals surface area contributed by atoms with Crippen molar-refractivity contribution in [1.82, 2.24) is 24.3 Å². The maximum absolute atomic E-state index is 5.59. The Bertz CT molecular complexity index is 1090. The minimum absolute atomic E-state index is 0.496. The van der Waals surface area contributed by atoms with E-state index in [0.717, 1.165) is 35.6 Å². The predicted molar refractivity (Wildman–Crippen MR) is 113 cm³/mol. The summed E-state index contributed by atoms with van der Waals surface area (Å²) in [6.07, 6.45) is 9.45. The Balaban J connectivity index is 1.46. The molecule has 0 aliphatic heterocycles. The molecule has 0 bridgehead atoms. The second kappa shape index (κ2) is 8.55. The lowest BCUT2D eigenvalue weighted by Crippen LogP contribution is -2.03. The maximum atomic E-state index is 5.59. The van der Waals surface area contributed by atoms with Crippen LogP contribution in [-0.2, 0) is 0 Å². The van der Waals surface area contributed by atoms with E-state index in [1.165, 1.54) is 0 Å². The third kappa shape index (κ3) is 4.78.